The Labute approximate surface area is 129 Å². The minimum absolute atomic E-state index is 0.523. The number of aliphatic hydroxyl groups is 1. The lowest BCUT2D eigenvalue weighted by molar-refractivity contribution is -0.165. The predicted molar refractivity (Wildman–Crippen MR) is 73.4 cm³/mol. The van der Waals surface area contributed by atoms with E-state index in [1.807, 2.05) is 4.98 Å². The molecule has 0 spiro atoms. The molecule has 0 bridgehead atoms. The number of hydrogen-bond acceptors (Lipinski definition) is 8. The Morgan fingerprint density at radius 3 is 2.39 bits per heavy atom. The van der Waals surface area contributed by atoms with Gasteiger partial charge < -0.3 is 19.3 Å². The van der Waals surface area contributed by atoms with Crippen molar-refractivity contribution >= 4 is 11.9 Å². The molecule has 2 N–H and O–H groups in total. The fourth-order valence-corrected chi connectivity index (χ4v) is 2.36. The monoisotopic (exact) mass is 328 g/mol. The topological polar surface area (TPSA) is 137 Å². The summed E-state index contributed by atoms with van der Waals surface area (Å²) in [5.74, 6) is -1.35. The summed E-state index contributed by atoms with van der Waals surface area (Å²) < 4.78 is 16.6. The summed E-state index contributed by atoms with van der Waals surface area (Å²) in [6, 6.07) is 1.09. The lowest BCUT2D eigenvalue weighted by Crippen LogP contribution is -2.42. The number of aliphatic hydroxyl groups excluding tert-OH is 1. The van der Waals surface area contributed by atoms with Gasteiger partial charge >= 0.3 is 17.6 Å². The van der Waals surface area contributed by atoms with Gasteiger partial charge in [0, 0.05) is 26.1 Å². The van der Waals surface area contributed by atoms with E-state index in [0.29, 0.717) is 0 Å². The Bertz CT molecular complexity index is 708. The van der Waals surface area contributed by atoms with E-state index in [4.69, 9.17) is 14.2 Å². The largest absolute Gasteiger partial charge is 0.456 e. The molecular weight excluding hydrogens is 312 g/mol. The third-order valence-corrected chi connectivity index (χ3v) is 3.19. The molecular formula is C13H16N2O8. The van der Waals surface area contributed by atoms with Crippen molar-refractivity contribution < 1.29 is 28.9 Å². The summed E-state index contributed by atoms with van der Waals surface area (Å²) in [5, 5.41) is 9.38. The minimum Gasteiger partial charge on any atom is -0.456 e. The van der Waals surface area contributed by atoms with Gasteiger partial charge in [-0.05, 0) is 0 Å². The highest BCUT2D eigenvalue weighted by Crippen LogP contribution is 2.32. The highest BCUT2D eigenvalue weighted by atomic mass is 16.6. The van der Waals surface area contributed by atoms with Crippen molar-refractivity contribution in [3.63, 3.8) is 0 Å². The average Bonchev–Trinajstić information content (AvgIpc) is 2.76. The van der Waals surface area contributed by atoms with Crippen molar-refractivity contribution in [3.8, 4) is 0 Å². The zero-order chi connectivity index (χ0) is 17.1. The first kappa shape index (κ1) is 16.9. The van der Waals surface area contributed by atoms with Crippen molar-refractivity contribution in [2.45, 2.75) is 38.4 Å². The van der Waals surface area contributed by atoms with Gasteiger partial charge in [0.1, 0.15) is 6.10 Å². The third kappa shape index (κ3) is 3.66. The number of esters is 2. The highest BCUT2D eigenvalue weighted by molar-refractivity contribution is 5.67. The molecule has 1 aliphatic heterocycles. The summed E-state index contributed by atoms with van der Waals surface area (Å²) in [5.41, 5.74) is -1.40. The fourth-order valence-electron chi connectivity index (χ4n) is 2.36. The number of ether oxygens (including phenoxy) is 3. The molecule has 0 unspecified atom stereocenters. The molecule has 10 heteroatoms. The first-order valence-corrected chi connectivity index (χ1v) is 6.75. The maximum absolute atomic E-state index is 11.9. The van der Waals surface area contributed by atoms with Crippen LogP contribution in [0.15, 0.2) is 21.9 Å². The second-order valence-electron chi connectivity index (χ2n) is 4.91. The Hall–Kier alpha value is -2.46. The Balaban J connectivity index is 2.43. The lowest BCUT2D eigenvalue weighted by atomic mass is 10.1. The lowest BCUT2D eigenvalue weighted by Gasteiger charge is -2.23. The smallest absolute Gasteiger partial charge is 0.330 e. The number of aromatic amines is 1. The van der Waals surface area contributed by atoms with E-state index in [1.165, 1.54) is 0 Å². The maximum Gasteiger partial charge on any atom is 0.330 e. The Morgan fingerprint density at radius 1 is 1.26 bits per heavy atom. The van der Waals surface area contributed by atoms with E-state index < -0.39 is 54.3 Å². The van der Waals surface area contributed by atoms with Crippen LogP contribution >= 0.6 is 0 Å². The van der Waals surface area contributed by atoms with Crippen molar-refractivity contribution in [2.75, 3.05) is 6.61 Å². The van der Waals surface area contributed by atoms with Crippen LogP contribution in [0.2, 0.25) is 0 Å². The molecule has 10 nitrogen and oxygen atoms in total. The van der Waals surface area contributed by atoms with Gasteiger partial charge in [-0.1, -0.05) is 0 Å². The summed E-state index contributed by atoms with van der Waals surface area (Å²) in [4.78, 5) is 47.6. The number of carbonyl (C=O) groups is 2. The van der Waals surface area contributed by atoms with Crippen LogP contribution < -0.4 is 11.2 Å². The van der Waals surface area contributed by atoms with E-state index in [2.05, 4.69) is 0 Å². The molecule has 0 saturated carbocycles. The standard InChI is InChI=1S/C13H16N2O8/c1-6(17)21-10-8(5-16)23-12(11(10)22-7(2)18)15-4-3-9(19)14-13(15)20/h3-4,8,10-12,16H,5H2,1-2H3,(H,14,19,20)/t8-,10+,11+,12-/m0/s1. The van der Waals surface area contributed by atoms with Crippen LogP contribution in [0, 0.1) is 0 Å². The van der Waals surface area contributed by atoms with E-state index in [1.54, 1.807) is 0 Å². The summed E-state index contributed by atoms with van der Waals surface area (Å²) >= 11 is 0. The summed E-state index contributed by atoms with van der Waals surface area (Å²) in [7, 11) is 0. The first-order chi connectivity index (χ1) is 10.8. The minimum atomic E-state index is -1.16. The molecule has 126 valence electrons. The van der Waals surface area contributed by atoms with Crippen LogP contribution in [0.25, 0.3) is 0 Å². The molecule has 23 heavy (non-hydrogen) atoms. The van der Waals surface area contributed by atoms with Crippen molar-refractivity contribution in [3.05, 3.63) is 33.1 Å². The second kappa shape index (κ2) is 6.75. The first-order valence-electron chi connectivity index (χ1n) is 6.75. The number of aromatic nitrogens is 2. The zero-order valence-corrected chi connectivity index (χ0v) is 12.4. The molecule has 0 aliphatic carbocycles. The average molecular weight is 328 g/mol. The van der Waals surface area contributed by atoms with Crippen LogP contribution in [0.5, 0.6) is 0 Å². The van der Waals surface area contributed by atoms with E-state index in [-0.39, 0.29) is 0 Å². The molecule has 1 saturated heterocycles. The van der Waals surface area contributed by atoms with Gasteiger partial charge in [-0.2, -0.15) is 0 Å². The van der Waals surface area contributed by atoms with Gasteiger partial charge in [-0.15, -0.1) is 0 Å². The van der Waals surface area contributed by atoms with Crippen LogP contribution in [-0.4, -0.2) is 51.5 Å². The van der Waals surface area contributed by atoms with Crippen LogP contribution in [-0.2, 0) is 23.8 Å². The Morgan fingerprint density at radius 2 is 1.87 bits per heavy atom. The Kier molecular flexibility index (Phi) is 4.96. The molecule has 1 aliphatic rings. The molecule has 2 rings (SSSR count). The number of rotatable bonds is 4. The van der Waals surface area contributed by atoms with Crippen molar-refractivity contribution in [1.29, 1.82) is 0 Å². The molecule has 4 atom stereocenters. The predicted octanol–water partition coefficient (Wildman–Crippen LogP) is -1.71. The van der Waals surface area contributed by atoms with Crippen LogP contribution in [0.1, 0.15) is 20.1 Å². The number of hydrogen-bond donors (Lipinski definition) is 2. The van der Waals surface area contributed by atoms with E-state index >= 15 is 0 Å². The molecule has 1 aromatic heterocycles. The van der Waals surface area contributed by atoms with Crippen molar-refractivity contribution in [2.24, 2.45) is 0 Å². The molecule has 0 amide bonds. The highest BCUT2D eigenvalue weighted by Gasteiger charge is 2.50. The molecule has 0 radical (unpaired) electrons. The van der Waals surface area contributed by atoms with Gasteiger partial charge in [-0.25, -0.2) is 4.79 Å². The molecule has 2 heterocycles. The van der Waals surface area contributed by atoms with Gasteiger partial charge in [0.15, 0.2) is 18.4 Å². The summed E-state index contributed by atoms with van der Waals surface area (Å²) in [6.07, 6.45) is -3.24. The molecule has 0 aromatic carbocycles. The third-order valence-electron chi connectivity index (χ3n) is 3.19. The van der Waals surface area contributed by atoms with E-state index in [0.717, 1.165) is 30.7 Å². The molecule has 1 aromatic rings. The SMILES string of the molecule is CC(=O)O[C@@H]1[C@H](OC(C)=O)[C@H](CO)O[C@@H]1n1ccc(=O)[nH]c1=O. The van der Waals surface area contributed by atoms with E-state index in [9.17, 15) is 24.3 Å². The van der Waals surface area contributed by atoms with Crippen molar-refractivity contribution in [1.82, 2.24) is 9.55 Å². The second-order valence-corrected chi connectivity index (χ2v) is 4.91. The van der Waals surface area contributed by atoms with Gasteiger partial charge in [0.2, 0.25) is 0 Å². The van der Waals surface area contributed by atoms with Gasteiger partial charge in [0.05, 0.1) is 6.61 Å². The molecule has 1 fully saturated rings. The number of H-pyrrole nitrogens is 1. The normalized spacial score (nSPS) is 26.7. The quantitative estimate of drug-likeness (QED) is 0.623. The number of nitrogens with zero attached hydrogens (tertiary/aromatic N) is 1. The summed E-state index contributed by atoms with van der Waals surface area (Å²) in [6.45, 7) is 1.77. The maximum atomic E-state index is 11.9. The number of nitrogens with one attached hydrogen (secondary N) is 1. The van der Waals surface area contributed by atoms with Gasteiger partial charge in [0.25, 0.3) is 5.56 Å². The van der Waals surface area contributed by atoms with Gasteiger partial charge in [-0.3, -0.25) is 23.9 Å². The van der Waals surface area contributed by atoms with Crippen LogP contribution in [0.4, 0.5) is 0 Å². The zero-order valence-electron chi connectivity index (χ0n) is 12.4. The van der Waals surface area contributed by atoms with Crippen LogP contribution in [0.3, 0.4) is 0 Å². The number of carbonyl (C=O) groups excluding carboxylic acids is 2. The fraction of sp³-hybridized carbons (Fsp3) is 0.538.